The van der Waals surface area contributed by atoms with Crippen molar-refractivity contribution in [1.29, 1.82) is 0 Å². The van der Waals surface area contributed by atoms with Crippen LogP contribution in [-0.4, -0.2) is 34.9 Å². The van der Waals surface area contributed by atoms with Crippen LogP contribution in [0.25, 0.3) is 0 Å². The fourth-order valence-electron chi connectivity index (χ4n) is 4.95. The molecule has 1 fully saturated rings. The van der Waals surface area contributed by atoms with Crippen LogP contribution in [0, 0.1) is 17.8 Å². The lowest BCUT2D eigenvalue weighted by molar-refractivity contribution is -0.138. The third-order valence-electron chi connectivity index (χ3n) is 8.39. The molecule has 0 bridgehead atoms. The molecule has 39 heavy (non-hydrogen) atoms. The Morgan fingerprint density at radius 3 is 1.13 bits per heavy atom. The van der Waals surface area contributed by atoms with Crippen molar-refractivity contribution in [2.75, 3.05) is 0 Å². The zero-order valence-electron chi connectivity index (χ0n) is 27.2. The molecular weight excluding hydrogens is 488 g/mol. The normalized spacial score (nSPS) is 22.2. The maximum absolute atomic E-state index is 10.8. The number of hydrogen-bond acceptors (Lipinski definition) is 4. The molecule has 0 spiro atoms. The van der Waals surface area contributed by atoms with Gasteiger partial charge in [0.25, 0.3) is 0 Å². The molecule has 0 amide bonds. The molecule has 0 radical (unpaired) electrons. The molecule has 1 aliphatic heterocycles. The van der Waals surface area contributed by atoms with E-state index >= 15 is 0 Å². The van der Waals surface area contributed by atoms with Crippen LogP contribution in [0.3, 0.4) is 0 Å². The van der Waals surface area contributed by atoms with E-state index in [1.54, 1.807) is 6.92 Å². The monoisotopic (exact) mass is 554 g/mol. The van der Waals surface area contributed by atoms with Crippen molar-refractivity contribution in [2.24, 2.45) is 17.8 Å². The number of aliphatic carboxylic acids is 1. The van der Waals surface area contributed by atoms with Crippen LogP contribution in [0.1, 0.15) is 171 Å². The Balaban J connectivity index is 0. The van der Waals surface area contributed by atoms with E-state index in [1.165, 1.54) is 96.8 Å². The van der Waals surface area contributed by atoms with Crippen LogP contribution >= 0.6 is 0 Å². The van der Waals surface area contributed by atoms with Gasteiger partial charge in [-0.1, -0.05) is 118 Å². The van der Waals surface area contributed by atoms with E-state index in [0.29, 0.717) is 29.8 Å². The second-order valence-electron chi connectivity index (χ2n) is 12.1. The number of Topliss-reactive ketones (excluding diaryl/α,β-unsaturated/α-hetero) is 2. The van der Waals surface area contributed by atoms with E-state index in [9.17, 15) is 14.4 Å². The Kier molecular flexibility index (Phi) is 27.6. The van der Waals surface area contributed by atoms with Gasteiger partial charge in [0.05, 0.1) is 18.6 Å². The summed E-state index contributed by atoms with van der Waals surface area (Å²) >= 11 is 0. The van der Waals surface area contributed by atoms with Gasteiger partial charge in [0.2, 0.25) is 0 Å². The van der Waals surface area contributed by atoms with Crippen molar-refractivity contribution in [3.63, 3.8) is 0 Å². The number of carbonyl (C=O) groups excluding carboxylic acids is 2. The summed E-state index contributed by atoms with van der Waals surface area (Å²) in [7, 11) is 0. The maximum Gasteiger partial charge on any atom is 0.303 e. The predicted molar refractivity (Wildman–Crippen MR) is 165 cm³/mol. The second kappa shape index (κ2) is 27.0. The number of ketones is 2. The van der Waals surface area contributed by atoms with E-state index in [1.807, 2.05) is 0 Å². The van der Waals surface area contributed by atoms with Gasteiger partial charge in [-0.2, -0.15) is 0 Å². The minimum atomic E-state index is -0.916. The third-order valence-corrected chi connectivity index (χ3v) is 8.39. The average molecular weight is 555 g/mol. The summed E-state index contributed by atoms with van der Waals surface area (Å²) in [6, 6.07) is 0. The maximum atomic E-state index is 10.8. The zero-order chi connectivity index (χ0) is 30.1. The first-order chi connectivity index (χ1) is 18.4. The van der Waals surface area contributed by atoms with Gasteiger partial charge < -0.3 is 19.4 Å². The molecule has 1 N–H and O–H groups in total. The van der Waals surface area contributed by atoms with Gasteiger partial charge in [-0.15, -0.1) is 0 Å². The van der Waals surface area contributed by atoms with E-state index in [-0.39, 0.29) is 18.6 Å². The predicted octanol–water partition coefficient (Wildman–Crippen LogP) is 9.98. The van der Waals surface area contributed by atoms with Crippen molar-refractivity contribution >= 4 is 17.5 Å². The van der Waals surface area contributed by atoms with E-state index in [0.717, 1.165) is 18.8 Å². The van der Waals surface area contributed by atoms with Crippen molar-refractivity contribution < 1.29 is 24.2 Å². The summed E-state index contributed by atoms with van der Waals surface area (Å²) in [4.78, 5) is 30.6. The molecule has 5 nitrogen and oxygen atoms in total. The van der Waals surface area contributed by atoms with Crippen LogP contribution in [0.15, 0.2) is 0 Å². The van der Waals surface area contributed by atoms with Crippen molar-refractivity contribution in [3.05, 3.63) is 0 Å². The van der Waals surface area contributed by atoms with Crippen LogP contribution < -0.4 is 0 Å². The lowest BCUT2D eigenvalue weighted by Gasteiger charge is -2.41. The van der Waals surface area contributed by atoms with Crippen LogP contribution in [0.2, 0.25) is 0 Å². The highest BCUT2D eigenvalue weighted by molar-refractivity contribution is 5.80. The third kappa shape index (κ3) is 26.7. The highest BCUT2D eigenvalue weighted by atomic mass is 16.5. The highest BCUT2D eigenvalue weighted by Crippen LogP contribution is 2.34. The smallest absolute Gasteiger partial charge is 0.303 e. The first kappa shape index (κ1) is 39.9. The zero-order valence-corrected chi connectivity index (χ0v) is 27.2. The Bertz CT molecular complexity index is 574. The van der Waals surface area contributed by atoms with Gasteiger partial charge >= 0.3 is 5.97 Å². The molecule has 1 aliphatic rings. The van der Waals surface area contributed by atoms with Gasteiger partial charge in [0, 0.05) is 12.8 Å². The van der Waals surface area contributed by atoms with Crippen molar-refractivity contribution in [2.45, 2.75) is 183 Å². The topological polar surface area (TPSA) is 80.7 Å². The minimum absolute atomic E-state index is 0.0463. The molecule has 5 heteroatoms. The van der Waals surface area contributed by atoms with Crippen LogP contribution in [0.5, 0.6) is 0 Å². The van der Waals surface area contributed by atoms with E-state index in [4.69, 9.17) is 9.84 Å². The molecule has 232 valence electrons. The van der Waals surface area contributed by atoms with Crippen LogP contribution in [-0.2, 0) is 19.1 Å². The van der Waals surface area contributed by atoms with Gasteiger partial charge in [0.15, 0.2) is 0 Å². The highest BCUT2D eigenvalue weighted by Gasteiger charge is 2.34. The first-order valence-electron chi connectivity index (χ1n) is 16.3. The Hall–Kier alpha value is -1.23. The second-order valence-corrected chi connectivity index (χ2v) is 12.1. The molecule has 0 aromatic heterocycles. The number of carbonyl (C=O) groups is 3. The molecular formula is C34H66O5. The summed E-state index contributed by atoms with van der Waals surface area (Å²) in [6.07, 6.45) is 22.5. The largest absolute Gasteiger partial charge is 0.481 e. The number of carboxylic acid groups (broad SMARTS) is 1. The van der Waals surface area contributed by atoms with Gasteiger partial charge in [0.1, 0.15) is 11.6 Å². The molecule has 3 unspecified atom stereocenters. The summed E-state index contributed by atoms with van der Waals surface area (Å²) in [5.74, 6) is 1.57. The Labute approximate surface area is 242 Å². The van der Waals surface area contributed by atoms with Crippen molar-refractivity contribution in [1.82, 2.24) is 0 Å². The lowest BCUT2D eigenvalue weighted by Crippen LogP contribution is -2.41. The number of unbranched alkanes of at least 4 members (excludes halogenated alkanes) is 14. The standard InChI is InChI=1S/C19H38O.C10H20O.C5H8O3/c1-3-4-5-6-7-8-9-10-11-12-13-14-15-16-17-18-19(2)20;1-6-7(2)9(4)11-10(5)8(6)3;1-4(6)2-3-5(7)8/h3-18H2,1-2H3;6-10H,1-5H3;2-3H2,1H3,(H,7,8)/t;6?,7-,8?,9?,10-;/m.0./s1. The Morgan fingerprint density at radius 2 is 0.846 bits per heavy atom. The van der Waals surface area contributed by atoms with Gasteiger partial charge in [-0.05, 0) is 51.9 Å². The van der Waals surface area contributed by atoms with Crippen LogP contribution in [0.4, 0.5) is 0 Å². The summed E-state index contributed by atoms with van der Waals surface area (Å²) in [5, 5.41) is 8.01. The van der Waals surface area contributed by atoms with E-state index in [2.05, 4.69) is 41.5 Å². The van der Waals surface area contributed by atoms with Crippen molar-refractivity contribution in [3.8, 4) is 0 Å². The molecule has 1 saturated heterocycles. The minimum Gasteiger partial charge on any atom is -0.481 e. The SMILES string of the molecule is CC(=O)CCC(=O)O.CC1O[C@@H](C)C(C)C(C)[C@@H]1C.CCCCCCCCCCCCCCCCCC(C)=O. The number of hydrogen-bond donors (Lipinski definition) is 1. The van der Waals surface area contributed by atoms with Gasteiger partial charge in [-0.3, -0.25) is 4.79 Å². The molecule has 1 rings (SSSR count). The lowest BCUT2D eigenvalue weighted by atomic mass is 9.77. The molecule has 0 aliphatic carbocycles. The van der Waals surface area contributed by atoms with E-state index < -0.39 is 5.97 Å². The summed E-state index contributed by atoms with van der Waals surface area (Å²) < 4.78 is 5.78. The summed E-state index contributed by atoms with van der Waals surface area (Å²) in [6.45, 7) is 16.6. The number of rotatable bonds is 19. The molecule has 0 aromatic rings. The first-order valence-corrected chi connectivity index (χ1v) is 16.3. The molecule has 5 atom stereocenters. The fourth-order valence-corrected chi connectivity index (χ4v) is 4.95. The Morgan fingerprint density at radius 1 is 0.513 bits per heavy atom. The van der Waals surface area contributed by atoms with Gasteiger partial charge in [-0.25, -0.2) is 0 Å². The molecule has 1 heterocycles. The number of ether oxygens (including phenoxy) is 1. The number of carboxylic acids is 1. The average Bonchev–Trinajstić information content (AvgIpc) is 2.88. The quantitative estimate of drug-likeness (QED) is 0.161. The summed E-state index contributed by atoms with van der Waals surface area (Å²) in [5.41, 5.74) is 0. The molecule has 0 aromatic carbocycles. The molecule has 0 saturated carbocycles. The fraction of sp³-hybridized carbons (Fsp3) is 0.912.